The standard InChI is InChI=1S/C11H12ClN3O/c1-13-7-10-14-11(16-15-10)6-8-4-2-3-5-9(8)12/h2-5,13H,6-7H2,1H3. The Morgan fingerprint density at radius 1 is 1.38 bits per heavy atom. The summed E-state index contributed by atoms with van der Waals surface area (Å²) < 4.78 is 5.12. The van der Waals surface area contributed by atoms with E-state index in [0.717, 1.165) is 10.6 Å². The molecule has 0 aliphatic rings. The molecule has 0 radical (unpaired) electrons. The third-order valence-electron chi connectivity index (χ3n) is 2.14. The van der Waals surface area contributed by atoms with Crippen LogP contribution in [0.5, 0.6) is 0 Å². The zero-order chi connectivity index (χ0) is 11.4. The van der Waals surface area contributed by atoms with Gasteiger partial charge in [-0.05, 0) is 18.7 Å². The predicted octanol–water partition coefficient (Wildman–Crippen LogP) is 2.03. The number of nitrogens with zero attached hydrogens (tertiary/aromatic N) is 2. The van der Waals surface area contributed by atoms with E-state index in [1.807, 2.05) is 31.3 Å². The van der Waals surface area contributed by atoms with E-state index < -0.39 is 0 Å². The van der Waals surface area contributed by atoms with Crippen molar-refractivity contribution in [1.82, 2.24) is 15.5 Å². The SMILES string of the molecule is CNCc1noc(Cc2ccccc2Cl)n1. The zero-order valence-electron chi connectivity index (χ0n) is 8.90. The lowest BCUT2D eigenvalue weighted by Crippen LogP contribution is -2.06. The summed E-state index contributed by atoms with van der Waals surface area (Å²) in [6, 6.07) is 7.63. The van der Waals surface area contributed by atoms with Gasteiger partial charge in [0.25, 0.3) is 0 Å². The summed E-state index contributed by atoms with van der Waals surface area (Å²) in [5.74, 6) is 1.24. The Morgan fingerprint density at radius 2 is 2.19 bits per heavy atom. The fourth-order valence-corrected chi connectivity index (χ4v) is 1.60. The van der Waals surface area contributed by atoms with Crippen molar-refractivity contribution in [3.8, 4) is 0 Å². The van der Waals surface area contributed by atoms with Crippen molar-refractivity contribution in [1.29, 1.82) is 0 Å². The van der Waals surface area contributed by atoms with Crippen molar-refractivity contribution in [2.24, 2.45) is 0 Å². The maximum absolute atomic E-state index is 6.04. The van der Waals surface area contributed by atoms with E-state index in [4.69, 9.17) is 16.1 Å². The van der Waals surface area contributed by atoms with Crippen LogP contribution < -0.4 is 5.32 Å². The van der Waals surface area contributed by atoms with Gasteiger partial charge in [0, 0.05) is 5.02 Å². The van der Waals surface area contributed by atoms with E-state index in [9.17, 15) is 0 Å². The summed E-state index contributed by atoms with van der Waals surface area (Å²) in [5.41, 5.74) is 0.990. The molecule has 0 saturated carbocycles. The van der Waals surface area contributed by atoms with Crippen LogP contribution in [0.4, 0.5) is 0 Å². The van der Waals surface area contributed by atoms with Gasteiger partial charge in [0.1, 0.15) is 0 Å². The molecule has 0 saturated heterocycles. The number of halogens is 1. The minimum absolute atomic E-state index is 0.566. The highest BCUT2D eigenvalue weighted by atomic mass is 35.5. The van der Waals surface area contributed by atoms with Gasteiger partial charge in [-0.15, -0.1) is 0 Å². The molecule has 0 aliphatic heterocycles. The normalized spacial score (nSPS) is 10.6. The highest BCUT2D eigenvalue weighted by molar-refractivity contribution is 6.31. The Bertz CT molecular complexity index is 470. The molecule has 0 atom stereocenters. The van der Waals surface area contributed by atoms with Gasteiger partial charge in [0.15, 0.2) is 5.82 Å². The van der Waals surface area contributed by atoms with E-state index in [0.29, 0.717) is 24.7 Å². The fourth-order valence-electron chi connectivity index (χ4n) is 1.40. The van der Waals surface area contributed by atoms with Gasteiger partial charge in [-0.25, -0.2) is 0 Å². The molecule has 2 rings (SSSR count). The van der Waals surface area contributed by atoms with E-state index >= 15 is 0 Å². The fraction of sp³-hybridized carbons (Fsp3) is 0.273. The molecular formula is C11H12ClN3O. The van der Waals surface area contributed by atoms with Crippen LogP contribution in [0.15, 0.2) is 28.8 Å². The maximum atomic E-state index is 6.04. The van der Waals surface area contributed by atoms with E-state index in [-0.39, 0.29) is 0 Å². The first-order chi connectivity index (χ1) is 7.79. The average Bonchev–Trinajstić information content (AvgIpc) is 2.70. The lowest BCUT2D eigenvalue weighted by molar-refractivity contribution is 0.378. The van der Waals surface area contributed by atoms with Crippen LogP contribution in [-0.4, -0.2) is 17.2 Å². The summed E-state index contributed by atoms with van der Waals surface area (Å²) in [7, 11) is 1.84. The molecule has 0 bridgehead atoms. The van der Waals surface area contributed by atoms with Crippen LogP contribution in [0.2, 0.25) is 5.02 Å². The zero-order valence-corrected chi connectivity index (χ0v) is 9.66. The molecule has 0 spiro atoms. The topological polar surface area (TPSA) is 51.0 Å². The molecule has 1 aromatic carbocycles. The molecular weight excluding hydrogens is 226 g/mol. The lowest BCUT2D eigenvalue weighted by atomic mass is 10.1. The summed E-state index contributed by atoms with van der Waals surface area (Å²) in [5, 5.41) is 7.52. The summed E-state index contributed by atoms with van der Waals surface area (Å²) in [6.07, 6.45) is 0.566. The second kappa shape index (κ2) is 5.09. The third kappa shape index (κ3) is 2.59. The highest BCUT2D eigenvalue weighted by Crippen LogP contribution is 2.17. The van der Waals surface area contributed by atoms with Crippen LogP contribution in [0.3, 0.4) is 0 Å². The first kappa shape index (κ1) is 11.1. The van der Waals surface area contributed by atoms with Crippen molar-refractivity contribution >= 4 is 11.6 Å². The second-order valence-electron chi connectivity index (χ2n) is 3.40. The molecule has 1 heterocycles. The molecule has 0 aliphatic carbocycles. The molecule has 5 heteroatoms. The van der Waals surface area contributed by atoms with Crippen LogP contribution in [-0.2, 0) is 13.0 Å². The number of benzene rings is 1. The largest absolute Gasteiger partial charge is 0.339 e. The van der Waals surface area contributed by atoms with Crippen molar-refractivity contribution in [2.75, 3.05) is 7.05 Å². The maximum Gasteiger partial charge on any atom is 0.231 e. The molecule has 4 nitrogen and oxygen atoms in total. The summed E-state index contributed by atoms with van der Waals surface area (Å²) >= 11 is 6.04. The number of hydrogen-bond donors (Lipinski definition) is 1. The highest BCUT2D eigenvalue weighted by Gasteiger charge is 2.08. The number of rotatable bonds is 4. The molecule has 2 aromatic rings. The van der Waals surface area contributed by atoms with Gasteiger partial charge < -0.3 is 9.84 Å². The van der Waals surface area contributed by atoms with Crippen LogP contribution in [0, 0.1) is 0 Å². The summed E-state index contributed by atoms with van der Waals surface area (Å²) in [4.78, 5) is 4.24. The minimum Gasteiger partial charge on any atom is -0.339 e. The Labute approximate surface area is 98.6 Å². The van der Waals surface area contributed by atoms with Gasteiger partial charge in [0.2, 0.25) is 5.89 Å². The number of nitrogens with one attached hydrogen (secondary N) is 1. The molecule has 0 amide bonds. The molecule has 1 aromatic heterocycles. The molecule has 84 valence electrons. The Morgan fingerprint density at radius 3 is 2.94 bits per heavy atom. The van der Waals surface area contributed by atoms with Gasteiger partial charge in [0.05, 0.1) is 13.0 Å². The molecule has 16 heavy (non-hydrogen) atoms. The van der Waals surface area contributed by atoms with Gasteiger partial charge in [-0.1, -0.05) is 35.0 Å². The van der Waals surface area contributed by atoms with Crippen molar-refractivity contribution in [2.45, 2.75) is 13.0 Å². The first-order valence-corrected chi connectivity index (χ1v) is 5.37. The number of hydrogen-bond acceptors (Lipinski definition) is 4. The predicted molar refractivity (Wildman–Crippen MR) is 61.3 cm³/mol. The van der Waals surface area contributed by atoms with E-state index in [1.165, 1.54) is 0 Å². The molecule has 0 fully saturated rings. The van der Waals surface area contributed by atoms with Crippen LogP contribution in [0.1, 0.15) is 17.3 Å². The Hall–Kier alpha value is -1.39. The van der Waals surface area contributed by atoms with E-state index in [1.54, 1.807) is 0 Å². The van der Waals surface area contributed by atoms with Gasteiger partial charge in [-0.3, -0.25) is 0 Å². The smallest absolute Gasteiger partial charge is 0.231 e. The van der Waals surface area contributed by atoms with Crippen LogP contribution >= 0.6 is 11.6 Å². The van der Waals surface area contributed by atoms with Gasteiger partial charge >= 0.3 is 0 Å². The minimum atomic E-state index is 0.566. The summed E-state index contributed by atoms with van der Waals surface area (Å²) in [6.45, 7) is 0.603. The second-order valence-corrected chi connectivity index (χ2v) is 3.81. The first-order valence-electron chi connectivity index (χ1n) is 4.99. The van der Waals surface area contributed by atoms with Crippen LogP contribution in [0.25, 0.3) is 0 Å². The molecule has 0 unspecified atom stereocenters. The van der Waals surface area contributed by atoms with Crippen molar-refractivity contribution in [3.05, 3.63) is 46.6 Å². The molecule has 1 N–H and O–H groups in total. The monoisotopic (exact) mass is 237 g/mol. The van der Waals surface area contributed by atoms with Crippen molar-refractivity contribution < 1.29 is 4.52 Å². The third-order valence-corrected chi connectivity index (χ3v) is 2.51. The van der Waals surface area contributed by atoms with E-state index in [2.05, 4.69) is 15.5 Å². The average molecular weight is 238 g/mol. The number of aromatic nitrogens is 2. The van der Waals surface area contributed by atoms with Crippen molar-refractivity contribution in [3.63, 3.8) is 0 Å². The van der Waals surface area contributed by atoms with Gasteiger partial charge in [-0.2, -0.15) is 4.98 Å². The lowest BCUT2D eigenvalue weighted by Gasteiger charge is -1.98. The Kier molecular flexibility index (Phi) is 3.54. The Balaban J connectivity index is 2.11. The quantitative estimate of drug-likeness (QED) is 0.884.